The lowest BCUT2D eigenvalue weighted by Crippen LogP contribution is -2.08. The van der Waals surface area contributed by atoms with E-state index in [0.29, 0.717) is 18.6 Å². The standard InChI is InChI=1S/C12H14O4/c1-2-6-10(11(13)12(14)15)16-9-7-4-3-5-8-9/h3-5,7-8,13H,2,6H2,1H3,(H,14,15)/b11-10-. The van der Waals surface area contributed by atoms with Crippen molar-refractivity contribution < 1.29 is 19.7 Å². The quantitative estimate of drug-likeness (QED) is 0.593. The second kappa shape index (κ2) is 5.80. The Morgan fingerprint density at radius 3 is 2.38 bits per heavy atom. The molecule has 4 nitrogen and oxygen atoms in total. The van der Waals surface area contributed by atoms with E-state index in [4.69, 9.17) is 9.84 Å². The van der Waals surface area contributed by atoms with Gasteiger partial charge in [-0.25, -0.2) is 4.79 Å². The Kier molecular flexibility index (Phi) is 4.39. The van der Waals surface area contributed by atoms with Crippen molar-refractivity contribution in [1.29, 1.82) is 0 Å². The van der Waals surface area contributed by atoms with Crippen LogP contribution < -0.4 is 4.74 Å². The Labute approximate surface area is 93.8 Å². The highest BCUT2D eigenvalue weighted by molar-refractivity contribution is 5.84. The lowest BCUT2D eigenvalue weighted by molar-refractivity contribution is -0.135. The number of para-hydroxylation sites is 1. The summed E-state index contributed by atoms with van der Waals surface area (Å²) in [6.07, 6.45) is 1.08. The van der Waals surface area contributed by atoms with Crippen LogP contribution in [0.25, 0.3) is 0 Å². The summed E-state index contributed by atoms with van der Waals surface area (Å²) in [6.45, 7) is 1.88. The number of ether oxygens (including phenoxy) is 1. The highest BCUT2D eigenvalue weighted by Crippen LogP contribution is 2.18. The minimum atomic E-state index is -1.38. The number of hydrogen-bond acceptors (Lipinski definition) is 3. The van der Waals surface area contributed by atoms with Gasteiger partial charge >= 0.3 is 5.97 Å². The van der Waals surface area contributed by atoms with E-state index in [-0.39, 0.29) is 5.76 Å². The lowest BCUT2D eigenvalue weighted by Gasteiger charge is -2.09. The van der Waals surface area contributed by atoms with Crippen molar-refractivity contribution >= 4 is 5.97 Å². The first-order valence-electron chi connectivity index (χ1n) is 5.03. The molecule has 0 amide bonds. The summed E-state index contributed by atoms with van der Waals surface area (Å²) < 4.78 is 5.33. The number of rotatable bonds is 5. The molecular formula is C12H14O4. The van der Waals surface area contributed by atoms with Gasteiger partial charge in [-0.2, -0.15) is 0 Å². The van der Waals surface area contributed by atoms with Crippen LogP contribution in [0.15, 0.2) is 41.9 Å². The Hall–Kier alpha value is -1.97. The molecule has 0 aliphatic carbocycles. The lowest BCUT2D eigenvalue weighted by atomic mass is 10.2. The van der Waals surface area contributed by atoms with E-state index in [0.717, 1.165) is 0 Å². The predicted molar refractivity (Wildman–Crippen MR) is 59.3 cm³/mol. The van der Waals surface area contributed by atoms with Crippen LogP contribution in [0, 0.1) is 0 Å². The highest BCUT2D eigenvalue weighted by atomic mass is 16.5. The molecule has 0 saturated carbocycles. The van der Waals surface area contributed by atoms with E-state index in [9.17, 15) is 9.90 Å². The van der Waals surface area contributed by atoms with E-state index >= 15 is 0 Å². The summed E-state index contributed by atoms with van der Waals surface area (Å²) >= 11 is 0. The smallest absolute Gasteiger partial charge is 0.374 e. The van der Waals surface area contributed by atoms with Crippen molar-refractivity contribution in [3.63, 3.8) is 0 Å². The number of hydrogen-bond donors (Lipinski definition) is 2. The second-order valence-electron chi connectivity index (χ2n) is 3.24. The van der Waals surface area contributed by atoms with Gasteiger partial charge in [0.1, 0.15) is 5.75 Å². The zero-order valence-corrected chi connectivity index (χ0v) is 9.01. The fraction of sp³-hybridized carbons (Fsp3) is 0.250. The number of aliphatic hydroxyl groups excluding tert-OH is 1. The average molecular weight is 222 g/mol. The first kappa shape index (κ1) is 12.1. The number of aliphatic hydroxyl groups is 1. The van der Waals surface area contributed by atoms with E-state index < -0.39 is 11.7 Å². The largest absolute Gasteiger partial charge is 0.499 e. The average Bonchev–Trinajstić information content (AvgIpc) is 2.29. The van der Waals surface area contributed by atoms with Crippen molar-refractivity contribution in [2.75, 3.05) is 0 Å². The Bertz CT molecular complexity index is 381. The molecule has 16 heavy (non-hydrogen) atoms. The molecular weight excluding hydrogens is 208 g/mol. The van der Waals surface area contributed by atoms with Gasteiger partial charge in [-0.1, -0.05) is 25.1 Å². The molecule has 0 saturated heterocycles. The molecule has 0 spiro atoms. The van der Waals surface area contributed by atoms with E-state index in [1.54, 1.807) is 24.3 Å². The number of allylic oxidation sites excluding steroid dienone is 1. The van der Waals surface area contributed by atoms with Crippen LogP contribution in [-0.2, 0) is 4.79 Å². The minimum absolute atomic E-state index is 0.0844. The number of carbonyl (C=O) groups is 1. The van der Waals surface area contributed by atoms with Gasteiger partial charge in [-0.05, 0) is 18.6 Å². The third-order valence-corrected chi connectivity index (χ3v) is 1.93. The van der Waals surface area contributed by atoms with Gasteiger partial charge in [0.25, 0.3) is 0 Å². The van der Waals surface area contributed by atoms with Crippen LogP contribution in [0.3, 0.4) is 0 Å². The molecule has 1 rings (SSSR count). The monoisotopic (exact) mass is 222 g/mol. The first-order valence-corrected chi connectivity index (χ1v) is 5.03. The highest BCUT2D eigenvalue weighted by Gasteiger charge is 2.14. The van der Waals surface area contributed by atoms with Crippen molar-refractivity contribution in [3.8, 4) is 5.75 Å². The molecule has 1 aromatic carbocycles. The maximum absolute atomic E-state index is 10.6. The van der Waals surface area contributed by atoms with Gasteiger partial charge in [-0.3, -0.25) is 0 Å². The van der Waals surface area contributed by atoms with E-state index in [2.05, 4.69) is 0 Å². The normalized spacial score (nSPS) is 11.8. The molecule has 2 N–H and O–H groups in total. The molecule has 0 aliphatic heterocycles. The third kappa shape index (κ3) is 3.31. The van der Waals surface area contributed by atoms with Crippen molar-refractivity contribution in [2.45, 2.75) is 19.8 Å². The molecule has 0 aliphatic rings. The van der Waals surface area contributed by atoms with Crippen LogP contribution in [0.5, 0.6) is 5.75 Å². The van der Waals surface area contributed by atoms with Gasteiger partial charge in [0.05, 0.1) is 0 Å². The SMILES string of the molecule is CCC/C(Oc1ccccc1)=C(/O)C(=O)O. The molecule has 0 heterocycles. The minimum Gasteiger partial charge on any atom is -0.499 e. The fourth-order valence-electron chi connectivity index (χ4n) is 1.19. The Balaban J connectivity index is 2.88. The molecule has 0 fully saturated rings. The molecule has 0 atom stereocenters. The molecule has 0 unspecified atom stereocenters. The summed E-state index contributed by atoms with van der Waals surface area (Å²) in [7, 11) is 0. The van der Waals surface area contributed by atoms with Crippen LogP contribution in [0.2, 0.25) is 0 Å². The van der Waals surface area contributed by atoms with Crippen LogP contribution >= 0.6 is 0 Å². The van der Waals surface area contributed by atoms with Crippen LogP contribution in [-0.4, -0.2) is 16.2 Å². The maximum atomic E-state index is 10.6. The molecule has 0 bridgehead atoms. The first-order chi connectivity index (χ1) is 7.65. The van der Waals surface area contributed by atoms with Gasteiger partial charge in [0.2, 0.25) is 5.76 Å². The molecule has 86 valence electrons. The van der Waals surface area contributed by atoms with E-state index in [1.165, 1.54) is 0 Å². The van der Waals surface area contributed by atoms with Gasteiger partial charge in [0, 0.05) is 6.42 Å². The fourth-order valence-corrected chi connectivity index (χ4v) is 1.19. The second-order valence-corrected chi connectivity index (χ2v) is 3.24. The predicted octanol–water partition coefficient (Wildman–Crippen LogP) is 2.72. The number of carboxylic acids is 1. The van der Waals surface area contributed by atoms with Crippen molar-refractivity contribution in [2.24, 2.45) is 0 Å². The number of benzene rings is 1. The van der Waals surface area contributed by atoms with Gasteiger partial charge in [-0.15, -0.1) is 0 Å². The Morgan fingerprint density at radius 1 is 1.25 bits per heavy atom. The molecule has 4 heteroatoms. The molecule has 0 radical (unpaired) electrons. The van der Waals surface area contributed by atoms with Crippen molar-refractivity contribution in [3.05, 3.63) is 41.9 Å². The number of carboxylic acid groups (broad SMARTS) is 1. The number of aliphatic carboxylic acids is 1. The summed E-state index contributed by atoms with van der Waals surface area (Å²) in [6, 6.07) is 8.77. The molecule has 0 aromatic heterocycles. The van der Waals surface area contributed by atoms with Crippen LogP contribution in [0.1, 0.15) is 19.8 Å². The topological polar surface area (TPSA) is 66.8 Å². The summed E-state index contributed by atoms with van der Waals surface area (Å²) in [5.74, 6) is -1.51. The Morgan fingerprint density at radius 2 is 1.88 bits per heavy atom. The molecule has 1 aromatic rings. The zero-order chi connectivity index (χ0) is 12.0. The summed E-state index contributed by atoms with van der Waals surface area (Å²) in [5, 5.41) is 18.0. The van der Waals surface area contributed by atoms with Gasteiger partial charge < -0.3 is 14.9 Å². The van der Waals surface area contributed by atoms with E-state index in [1.807, 2.05) is 13.0 Å². The van der Waals surface area contributed by atoms with Gasteiger partial charge in [0.15, 0.2) is 5.76 Å². The summed E-state index contributed by atoms with van der Waals surface area (Å²) in [4.78, 5) is 10.6. The van der Waals surface area contributed by atoms with Crippen LogP contribution in [0.4, 0.5) is 0 Å². The maximum Gasteiger partial charge on any atom is 0.374 e. The third-order valence-electron chi connectivity index (χ3n) is 1.93. The summed E-state index contributed by atoms with van der Waals surface area (Å²) in [5.41, 5.74) is 0. The zero-order valence-electron chi connectivity index (χ0n) is 9.01. The van der Waals surface area contributed by atoms with Crippen molar-refractivity contribution in [1.82, 2.24) is 0 Å².